The molecule has 114 valence electrons. The first kappa shape index (κ1) is 29.1. The summed E-state index contributed by atoms with van der Waals surface area (Å²) in [6.45, 7) is 0. The van der Waals surface area contributed by atoms with Crippen molar-refractivity contribution in [3.05, 3.63) is 0 Å². The Bertz CT molecular complexity index is 353. The molecular weight excluding hydrogens is 359 g/mol. The first-order valence-electron chi connectivity index (χ1n) is 3.95. The van der Waals surface area contributed by atoms with Crippen molar-refractivity contribution in [2.45, 2.75) is 18.4 Å². The van der Waals surface area contributed by atoms with Gasteiger partial charge in [-0.05, 0) is 0 Å². The second-order valence-corrected chi connectivity index (χ2v) is 4.02. The van der Waals surface area contributed by atoms with Crippen LogP contribution >= 0.6 is 7.82 Å². The first-order chi connectivity index (χ1) is 7.78. The Morgan fingerprint density at radius 1 is 0.850 bits per heavy atom. The van der Waals surface area contributed by atoms with E-state index in [1.807, 2.05) is 0 Å². The molecule has 0 saturated carbocycles. The molecule has 0 spiro atoms. The van der Waals surface area contributed by atoms with Gasteiger partial charge in [0.15, 0.2) is 5.60 Å². The molecule has 0 rings (SSSR count). The molecule has 0 aromatic carbocycles. The molecule has 0 aromatic heterocycles. The average Bonchev–Trinajstić information content (AvgIpc) is 1.95. The number of hydrogen-bond donors (Lipinski definition) is 7. The predicted molar refractivity (Wildman–Crippen MR) is 68.4 cm³/mol. The van der Waals surface area contributed by atoms with Crippen LogP contribution in [0.3, 0.4) is 0 Å². The number of carbonyl (C=O) groups is 3. The molecule has 0 aromatic rings. The fourth-order valence-electron chi connectivity index (χ4n) is 0.714. The van der Waals surface area contributed by atoms with Gasteiger partial charge in [-0.3, -0.25) is 9.59 Å². The van der Waals surface area contributed by atoms with Crippen LogP contribution in [0.15, 0.2) is 0 Å². The summed E-state index contributed by atoms with van der Waals surface area (Å²) in [5.41, 5.74) is -2.74. The summed E-state index contributed by atoms with van der Waals surface area (Å²) in [6, 6.07) is 0. The van der Waals surface area contributed by atoms with Gasteiger partial charge < -0.3 is 35.1 Å². The standard InChI is InChI=1S/C6H8O7.2Ca.H3O4P.4H/c7-3(8)1-6(13,5(11)12)2-4(9)10;;;1-5(2,3)4;;;;/h13H,1-2H2,(H,7,8)(H,9,10)(H,11,12);;;(H3,1,2,3,4);;;;. The molecule has 11 nitrogen and oxygen atoms in total. The van der Waals surface area contributed by atoms with E-state index in [-0.39, 0.29) is 75.5 Å². The molecule has 7 N–H and O–H groups in total. The van der Waals surface area contributed by atoms with Crippen molar-refractivity contribution < 1.29 is 54.1 Å². The van der Waals surface area contributed by atoms with E-state index in [4.69, 9.17) is 39.7 Å². The third-order valence-electron chi connectivity index (χ3n) is 1.29. The van der Waals surface area contributed by atoms with Crippen LogP contribution in [0.1, 0.15) is 12.8 Å². The molecule has 0 fully saturated rings. The van der Waals surface area contributed by atoms with Crippen molar-refractivity contribution >= 4 is 101 Å². The summed E-state index contributed by atoms with van der Waals surface area (Å²) in [4.78, 5) is 52.0. The summed E-state index contributed by atoms with van der Waals surface area (Å²) >= 11 is 0. The molecule has 0 atom stereocenters. The van der Waals surface area contributed by atoms with Crippen LogP contribution in [0.2, 0.25) is 0 Å². The molecule has 0 unspecified atom stereocenters. The van der Waals surface area contributed by atoms with E-state index in [9.17, 15) is 14.4 Å². The number of carboxylic acids is 3. The van der Waals surface area contributed by atoms with E-state index in [1.165, 1.54) is 0 Å². The van der Waals surface area contributed by atoms with Crippen LogP contribution < -0.4 is 0 Å². The Balaban J connectivity index is -0.000000158. The Kier molecular flexibility index (Phi) is 18.2. The summed E-state index contributed by atoms with van der Waals surface area (Å²) in [5.74, 6) is -5.02. The van der Waals surface area contributed by atoms with Gasteiger partial charge in [0.2, 0.25) is 0 Å². The second-order valence-electron chi connectivity index (χ2n) is 2.99. The molecule has 20 heavy (non-hydrogen) atoms. The summed E-state index contributed by atoms with van der Waals surface area (Å²) in [5, 5.41) is 33.8. The first-order valence-corrected chi connectivity index (χ1v) is 5.52. The van der Waals surface area contributed by atoms with Crippen molar-refractivity contribution in [2.75, 3.05) is 0 Å². The van der Waals surface area contributed by atoms with Gasteiger partial charge in [0.25, 0.3) is 0 Å². The fourth-order valence-corrected chi connectivity index (χ4v) is 0.714. The average molecular weight is 374 g/mol. The topological polar surface area (TPSA) is 210 Å². The van der Waals surface area contributed by atoms with Crippen LogP contribution in [-0.2, 0) is 18.9 Å². The van der Waals surface area contributed by atoms with E-state index in [0.717, 1.165) is 0 Å². The van der Waals surface area contributed by atoms with Crippen LogP contribution in [0.4, 0.5) is 0 Å². The quantitative estimate of drug-likeness (QED) is 0.182. The molecule has 0 aliphatic rings. The van der Waals surface area contributed by atoms with Crippen LogP contribution in [0.5, 0.6) is 0 Å². The van der Waals surface area contributed by atoms with E-state index in [1.54, 1.807) is 0 Å². The Morgan fingerprint density at radius 3 is 1.15 bits per heavy atom. The third kappa shape index (κ3) is 21.3. The Labute approximate surface area is 171 Å². The molecule has 0 saturated heterocycles. The van der Waals surface area contributed by atoms with Gasteiger partial charge >= 0.3 is 101 Å². The predicted octanol–water partition coefficient (Wildman–Crippen LogP) is -4.01. The molecule has 0 amide bonds. The number of hydrogen-bond acceptors (Lipinski definition) is 5. The molecular formula is C6H15Ca2O11P. The van der Waals surface area contributed by atoms with E-state index in [2.05, 4.69) is 0 Å². The number of aliphatic carboxylic acids is 3. The van der Waals surface area contributed by atoms with Crippen molar-refractivity contribution in [1.29, 1.82) is 0 Å². The summed E-state index contributed by atoms with van der Waals surface area (Å²) in [7, 11) is -4.64. The Hall–Kier alpha value is 0.999. The number of carboxylic acid groups (broad SMARTS) is 3. The SMILES string of the molecule is O=C(O)CC(O)(CC(=O)O)C(=O)O.O=P(O)(O)O.[CaH2].[CaH2]. The number of rotatable bonds is 5. The Morgan fingerprint density at radius 2 is 1.05 bits per heavy atom. The monoisotopic (exact) mass is 374 g/mol. The normalized spacial score (nSPS) is 10.0. The number of aliphatic hydroxyl groups is 1. The zero-order valence-corrected chi connectivity index (χ0v) is 9.52. The van der Waals surface area contributed by atoms with Crippen molar-refractivity contribution in [3.8, 4) is 0 Å². The van der Waals surface area contributed by atoms with Gasteiger partial charge in [0.1, 0.15) is 0 Å². The van der Waals surface area contributed by atoms with Gasteiger partial charge in [-0.15, -0.1) is 0 Å². The van der Waals surface area contributed by atoms with Gasteiger partial charge in [-0.2, -0.15) is 0 Å². The second kappa shape index (κ2) is 12.5. The van der Waals surface area contributed by atoms with Crippen molar-refractivity contribution in [1.82, 2.24) is 0 Å². The van der Waals surface area contributed by atoms with Crippen molar-refractivity contribution in [3.63, 3.8) is 0 Å². The minimum atomic E-state index is -4.64. The zero-order valence-electron chi connectivity index (χ0n) is 8.62. The van der Waals surface area contributed by atoms with Gasteiger partial charge in [0, 0.05) is 0 Å². The van der Waals surface area contributed by atoms with E-state index < -0.39 is 44.2 Å². The zero-order chi connectivity index (χ0) is 15.1. The van der Waals surface area contributed by atoms with E-state index in [0.29, 0.717) is 0 Å². The molecule has 0 heterocycles. The molecule has 0 radical (unpaired) electrons. The molecule has 14 heteroatoms. The molecule has 0 bridgehead atoms. The van der Waals surface area contributed by atoms with Gasteiger partial charge in [0.05, 0.1) is 12.8 Å². The van der Waals surface area contributed by atoms with Gasteiger partial charge in [-0.25, -0.2) is 9.36 Å². The molecule has 0 aliphatic heterocycles. The van der Waals surface area contributed by atoms with Crippen molar-refractivity contribution in [2.24, 2.45) is 0 Å². The maximum atomic E-state index is 10.3. The van der Waals surface area contributed by atoms with Gasteiger partial charge in [-0.1, -0.05) is 0 Å². The minimum absolute atomic E-state index is 0. The fraction of sp³-hybridized carbons (Fsp3) is 0.500. The van der Waals surface area contributed by atoms with Crippen LogP contribution in [0, 0.1) is 0 Å². The van der Waals surface area contributed by atoms with E-state index >= 15 is 0 Å². The summed E-state index contributed by atoms with van der Waals surface area (Å²) in [6.07, 6.45) is -2.29. The summed E-state index contributed by atoms with van der Waals surface area (Å²) < 4.78 is 8.88. The molecule has 0 aliphatic carbocycles. The number of phosphoric acid groups is 1. The van der Waals surface area contributed by atoms with Crippen LogP contribution in [-0.4, -0.2) is 134 Å². The van der Waals surface area contributed by atoms with Crippen LogP contribution in [0.25, 0.3) is 0 Å². The maximum absolute atomic E-state index is 10.3. The third-order valence-corrected chi connectivity index (χ3v) is 1.29.